The summed E-state index contributed by atoms with van der Waals surface area (Å²) in [6.45, 7) is 0.693. The van der Waals surface area contributed by atoms with Crippen LogP contribution in [-0.2, 0) is 4.74 Å². The van der Waals surface area contributed by atoms with Crippen molar-refractivity contribution < 1.29 is 9.13 Å². The quantitative estimate of drug-likeness (QED) is 0.905. The zero-order chi connectivity index (χ0) is 11.5. The summed E-state index contributed by atoms with van der Waals surface area (Å²) < 4.78 is 19.3. The molecule has 1 unspecified atom stereocenters. The molecule has 0 spiro atoms. The minimum absolute atomic E-state index is 0.302. The third kappa shape index (κ3) is 2.44. The molecule has 2 N–H and O–H groups in total. The predicted octanol–water partition coefficient (Wildman–Crippen LogP) is 3.28. The summed E-state index contributed by atoms with van der Waals surface area (Å²) in [4.78, 5) is 0. The Bertz CT molecular complexity index is 419. The number of ether oxygens (including phenoxy) is 1. The zero-order valence-electron chi connectivity index (χ0n) is 8.75. The normalized spacial score (nSPS) is 17.6. The Kier molecular flexibility index (Phi) is 3.61. The molecule has 0 bridgehead atoms. The molecule has 1 aromatic carbocycles. The molecular weight excluding hydrogens is 273 g/mol. The molecular formula is C12H13BrFNO. The van der Waals surface area contributed by atoms with Crippen LogP contribution in [0.3, 0.4) is 0 Å². The molecule has 0 aromatic heterocycles. The van der Waals surface area contributed by atoms with E-state index in [0.717, 1.165) is 24.2 Å². The molecule has 1 aliphatic heterocycles. The Morgan fingerprint density at radius 3 is 2.88 bits per heavy atom. The molecule has 1 heterocycles. The Morgan fingerprint density at radius 2 is 2.25 bits per heavy atom. The van der Waals surface area contributed by atoms with Gasteiger partial charge in [-0.1, -0.05) is 6.07 Å². The second-order valence-electron chi connectivity index (χ2n) is 3.75. The lowest BCUT2D eigenvalue weighted by Gasteiger charge is -2.21. The maximum absolute atomic E-state index is 13.3. The largest absolute Gasteiger partial charge is 0.496 e. The highest BCUT2D eigenvalue weighted by Crippen LogP contribution is 2.26. The number of hydrogen-bond donors (Lipinski definition) is 1. The Labute approximate surface area is 102 Å². The van der Waals surface area contributed by atoms with Crippen LogP contribution in [0, 0.1) is 5.82 Å². The molecule has 2 nitrogen and oxygen atoms in total. The van der Waals surface area contributed by atoms with E-state index in [4.69, 9.17) is 10.5 Å². The monoisotopic (exact) mass is 285 g/mol. The number of halogens is 2. The molecule has 2 rings (SSSR count). The van der Waals surface area contributed by atoms with E-state index in [2.05, 4.69) is 15.9 Å². The van der Waals surface area contributed by atoms with Crippen LogP contribution in [0.5, 0.6) is 0 Å². The predicted molar refractivity (Wildman–Crippen MR) is 64.3 cm³/mol. The minimum Gasteiger partial charge on any atom is -0.496 e. The topological polar surface area (TPSA) is 35.2 Å². The van der Waals surface area contributed by atoms with Gasteiger partial charge >= 0.3 is 0 Å². The lowest BCUT2D eigenvalue weighted by atomic mass is 10.0. The smallest absolute Gasteiger partial charge is 0.137 e. The summed E-state index contributed by atoms with van der Waals surface area (Å²) in [6.07, 6.45) is 3.97. The number of allylic oxidation sites excluding steroid dienone is 1. The van der Waals surface area contributed by atoms with E-state index in [1.54, 1.807) is 12.1 Å². The van der Waals surface area contributed by atoms with Gasteiger partial charge in [-0.2, -0.15) is 0 Å². The van der Waals surface area contributed by atoms with Gasteiger partial charge in [0.25, 0.3) is 0 Å². The molecule has 1 aliphatic rings. The van der Waals surface area contributed by atoms with E-state index < -0.39 is 0 Å². The summed E-state index contributed by atoms with van der Waals surface area (Å²) >= 11 is 3.11. The third-order valence-corrected chi connectivity index (χ3v) is 3.22. The van der Waals surface area contributed by atoms with Crippen molar-refractivity contribution in [2.75, 3.05) is 6.61 Å². The van der Waals surface area contributed by atoms with E-state index in [1.807, 2.05) is 6.08 Å². The van der Waals surface area contributed by atoms with Gasteiger partial charge < -0.3 is 10.5 Å². The molecule has 1 aromatic rings. The minimum atomic E-state index is -0.372. The van der Waals surface area contributed by atoms with Crippen LogP contribution in [0.1, 0.15) is 24.4 Å². The number of benzene rings is 1. The first-order valence-electron chi connectivity index (χ1n) is 5.22. The number of hydrogen-bond acceptors (Lipinski definition) is 2. The first-order valence-corrected chi connectivity index (χ1v) is 6.01. The van der Waals surface area contributed by atoms with Crippen molar-refractivity contribution in [3.63, 3.8) is 0 Å². The Hall–Kier alpha value is -0.870. The second kappa shape index (κ2) is 4.97. The van der Waals surface area contributed by atoms with Crippen LogP contribution in [0.25, 0.3) is 0 Å². The van der Waals surface area contributed by atoms with E-state index in [0.29, 0.717) is 11.1 Å². The van der Waals surface area contributed by atoms with Crippen molar-refractivity contribution in [2.45, 2.75) is 18.9 Å². The third-order valence-electron chi connectivity index (χ3n) is 2.57. The zero-order valence-corrected chi connectivity index (χ0v) is 10.3. The van der Waals surface area contributed by atoms with Crippen LogP contribution >= 0.6 is 15.9 Å². The molecule has 16 heavy (non-hydrogen) atoms. The second-order valence-corrected chi connectivity index (χ2v) is 4.60. The first-order chi connectivity index (χ1) is 7.68. The molecule has 0 saturated heterocycles. The highest BCUT2D eigenvalue weighted by atomic mass is 79.9. The molecule has 86 valence electrons. The van der Waals surface area contributed by atoms with Crippen LogP contribution in [0.2, 0.25) is 0 Å². The Morgan fingerprint density at radius 1 is 1.44 bits per heavy atom. The van der Waals surface area contributed by atoms with Crippen molar-refractivity contribution in [1.82, 2.24) is 0 Å². The van der Waals surface area contributed by atoms with Crippen molar-refractivity contribution in [2.24, 2.45) is 5.73 Å². The standard InChI is InChI=1S/C12H13BrFNO/c13-9-5-4-8(7-10(9)14)12(15)11-3-1-2-6-16-11/h3-5,7,12H,1-2,6,15H2. The average Bonchev–Trinajstić information content (AvgIpc) is 2.33. The SMILES string of the molecule is NC(C1=CCCCO1)c1ccc(Br)c(F)c1. The van der Waals surface area contributed by atoms with Gasteiger partial charge in [-0.05, 0) is 52.5 Å². The molecule has 0 amide bonds. The average molecular weight is 286 g/mol. The van der Waals surface area contributed by atoms with Gasteiger partial charge in [0.1, 0.15) is 11.6 Å². The fraction of sp³-hybridized carbons (Fsp3) is 0.333. The van der Waals surface area contributed by atoms with Crippen LogP contribution in [0.15, 0.2) is 34.5 Å². The van der Waals surface area contributed by atoms with Crippen molar-refractivity contribution in [1.29, 1.82) is 0 Å². The van der Waals surface area contributed by atoms with Gasteiger partial charge in [-0.25, -0.2) is 4.39 Å². The molecule has 4 heteroatoms. The van der Waals surface area contributed by atoms with Gasteiger partial charge in [-0.3, -0.25) is 0 Å². The molecule has 0 fully saturated rings. The van der Waals surface area contributed by atoms with Gasteiger partial charge in [0, 0.05) is 0 Å². The van der Waals surface area contributed by atoms with Gasteiger partial charge in [0.15, 0.2) is 0 Å². The molecule has 0 aliphatic carbocycles. The van der Waals surface area contributed by atoms with Gasteiger partial charge in [0.2, 0.25) is 0 Å². The lowest BCUT2D eigenvalue weighted by Crippen LogP contribution is -2.18. The summed E-state index contributed by atoms with van der Waals surface area (Å²) in [5.74, 6) is 0.442. The van der Waals surface area contributed by atoms with Crippen LogP contribution in [-0.4, -0.2) is 6.61 Å². The fourth-order valence-electron chi connectivity index (χ4n) is 1.66. The van der Waals surface area contributed by atoms with Gasteiger partial charge in [-0.15, -0.1) is 0 Å². The highest BCUT2D eigenvalue weighted by molar-refractivity contribution is 9.10. The van der Waals surface area contributed by atoms with Gasteiger partial charge in [0.05, 0.1) is 17.1 Å². The van der Waals surface area contributed by atoms with Crippen LogP contribution < -0.4 is 5.73 Å². The number of rotatable bonds is 2. The Balaban J connectivity index is 2.22. The van der Waals surface area contributed by atoms with Crippen molar-refractivity contribution in [3.8, 4) is 0 Å². The fourth-order valence-corrected chi connectivity index (χ4v) is 1.91. The first kappa shape index (κ1) is 11.6. The molecule has 0 saturated carbocycles. The lowest BCUT2D eigenvalue weighted by molar-refractivity contribution is 0.176. The van der Waals surface area contributed by atoms with E-state index in [1.165, 1.54) is 6.07 Å². The molecule has 0 radical (unpaired) electrons. The summed E-state index contributed by atoms with van der Waals surface area (Å²) in [5.41, 5.74) is 6.74. The summed E-state index contributed by atoms with van der Waals surface area (Å²) in [6, 6.07) is 4.53. The summed E-state index contributed by atoms with van der Waals surface area (Å²) in [7, 11) is 0. The van der Waals surface area contributed by atoms with E-state index in [-0.39, 0.29) is 11.9 Å². The maximum atomic E-state index is 13.3. The van der Waals surface area contributed by atoms with Crippen molar-refractivity contribution in [3.05, 3.63) is 45.9 Å². The summed E-state index contributed by atoms with van der Waals surface area (Å²) in [5, 5.41) is 0. The maximum Gasteiger partial charge on any atom is 0.137 e. The van der Waals surface area contributed by atoms with Crippen molar-refractivity contribution >= 4 is 15.9 Å². The van der Waals surface area contributed by atoms with E-state index >= 15 is 0 Å². The van der Waals surface area contributed by atoms with Crippen LogP contribution in [0.4, 0.5) is 4.39 Å². The van der Waals surface area contributed by atoms with E-state index in [9.17, 15) is 4.39 Å². The number of nitrogens with two attached hydrogens (primary N) is 1. The highest BCUT2D eigenvalue weighted by Gasteiger charge is 2.16. The molecule has 1 atom stereocenters.